The summed E-state index contributed by atoms with van der Waals surface area (Å²) < 4.78 is 48.1. The van der Waals surface area contributed by atoms with E-state index in [2.05, 4.69) is 15.1 Å². The lowest BCUT2D eigenvalue weighted by atomic mass is 10.1. The minimum Gasteiger partial charge on any atom is -0.359 e. The van der Waals surface area contributed by atoms with Gasteiger partial charge in [0.15, 0.2) is 11.6 Å². The summed E-state index contributed by atoms with van der Waals surface area (Å²) in [5, 5.41) is 3.87. The fraction of sp³-hybridized carbons (Fsp3) is 0.0455. The van der Waals surface area contributed by atoms with Crippen molar-refractivity contribution in [2.45, 2.75) is 6.54 Å². The van der Waals surface area contributed by atoms with E-state index in [1.165, 1.54) is 12.1 Å². The Morgan fingerprint density at radius 2 is 1.63 bits per heavy atom. The van der Waals surface area contributed by atoms with Gasteiger partial charge in [0.2, 0.25) is 0 Å². The lowest BCUT2D eigenvalue weighted by Gasteiger charge is -2.04. The van der Waals surface area contributed by atoms with Crippen molar-refractivity contribution in [2.75, 3.05) is 0 Å². The Bertz CT molecular complexity index is 1330. The summed E-state index contributed by atoms with van der Waals surface area (Å²) in [6.07, 6.45) is 3.54. The molecule has 0 bridgehead atoms. The van der Waals surface area contributed by atoms with E-state index in [9.17, 15) is 13.2 Å². The number of benzene rings is 2. The predicted octanol–water partition coefficient (Wildman–Crippen LogP) is 5.17. The van der Waals surface area contributed by atoms with E-state index in [0.29, 0.717) is 35.1 Å². The highest BCUT2D eigenvalue weighted by Gasteiger charge is 2.16. The van der Waals surface area contributed by atoms with Gasteiger partial charge in [0.05, 0.1) is 17.8 Å². The van der Waals surface area contributed by atoms with Gasteiger partial charge in [-0.25, -0.2) is 23.1 Å². The Hall–Kier alpha value is -3.94. The first-order chi connectivity index (χ1) is 14.6. The molecule has 0 N–H and O–H groups in total. The molecule has 0 radical (unpaired) electrons. The number of pyridine rings is 1. The molecule has 0 aliphatic carbocycles. The number of hydrogen-bond donors (Lipinski definition) is 0. The maximum absolute atomic E-state index is 14.0. The summed E-state index contributed by atoms with van der Waals surface area (Å²) in [6.45, 7) is 0.313. The molecule has 0 fully saturated rings. The molecule has 1 aromatic heterocycles. The first-order valence-corrected chi connectivity index (χ1v) is 9.06. The molecule has 0 amide bonds. The smallest absolute Gasteiger partial charge is 0.163 e. The van der Waals surface area contributed by atoms with Crippen LogP contribution >= 0.6 is 0 Å². The van der Waals surface area contributed by atoms with Gasteiger partial charge in [0, 0.05) is 30.1 Å². The van der Waals surface area contributed by atoms with Crippen LogP contribution in [0.3, 0.4) is 0 Å². The molecule has 2 aromatic carbocycles. The minimum atomic E-state index is -0.711. The van der Waals surface area contributed by atoms with Crippen molar-refractivity contribution < 1.29 is 17.7 Å². The lowest BCUT2D eigenvalue weighted by molar-refractivity contribution is 0.378. The van der Waals surface area contributed by atoms with Gasteiger partial charge in [-0.3, -0.25) is 0 Å². The second-order valence-electron chi connectivity index (χ2n) is 6.72. The number of aromatic nitrogens is 4. The number of rotatable bonds is 4. The van der Waals surface area contributed by atoms with Gasteiger partial charge in [-0.15, -0.1) is 0 Å². The van der Waals surface area contributed by atoms with Crippen LogP contribution in [-0.4, -0.2) is 19.7 Å². The standard InChI is InChI=1S/C22H13F3N4O/c23-13-5-6-15(18(25)9-13)20-10-14(30-28-20)11-29-8-7-19-21(12-29)27-22(26-19)16-3-1-2-4-17(16)24/h1-10,12H,11H2. The maximum Gasteiger partial charge on any atom is 0.163 e. The lowest BCUT2D eigenvalue weighted by Crippen LogP contribution is -1.99. The van der Waals surface area contributed by atoms with Crippen LogP contribution in [0.2, 0.25) is 0 Å². The molecule has 0 atom stereocenters. The predicted molar refractivity (Wildman–Crippen MR) is 103 cm³/mol. The van der Waals surface area contributed by atoms with E-state index in [0.717, 1.165) is 12.1 Å². The van der Waals surface area contributed by atoms with Gasteiger partial charge >= 0.3 is 0 Å². The van der Waals surface area contributed by atoms with Gasteiger partial charge in [-0.2, -0.15) is 0 Å². The Labute approximate surface area is 168 Å². The molecule has 8 heteroatoms. The summed E-state index contributed by atoms with van der Waals surface area (Å²) in [7, 11) is 0. The fourth-order valence-corrected chi connectivity index (χ4v) is 3.20. The molecule has 2 aliphatic rings. The van der Waals surface area contributed by atoms with E-state index in [4.69, 9.17) is 4.52 Å². The van der Waals surface area contributed by atoms with Crippen LogP contribution in [0.15, 0.2) is 71.5 Å². The Morgan fingerprint density at radius 1 is 0.800 bits per heavy atom. The third-order valence-corrected chi connectivity index (χ3v) is 4.65. The van der Waals surface area contributed by atoms with Crippen LogP contribution in [0.1, 0.15) is 5.76 Å². The SMILES string of the molecule is Fc1ccc(-c2cc(Cn3ccc4nc(-c5ccccc5F)nc-4c3)on2)c(F)c1. The highest BCUT2D eigenvalue weighted by Crippen LogP contribution is 2.27. The van der Waals surface area contributed by atoms with Crippen LogP contribution in [0.25, 0.3) is 34.0 Å². The van der Waals surface area contributed by atoms with Crippen molar-refractivity contribution >= 4 is 0 Å². The molecule has 0 spiro atoms. The van der Waals surface area contributed by atoms with Crippen molar-refractivity contribution in [1.82, 2.24) is 19.7 Å². The molecule has 0 unspecified atom stereocenters. The number of hydrogen-bond acceptors (Lipinski definition) is 4. The second kappa shape index (κ2) is 7.14. The first-order valence-electron chi connectivity index (χ1n) is 9.06. The molecule has 0 saturated carbocycles. The van der Waals surface area contributed by atoms with Crippen LogP contribution in [0.5, 0.6) is 0 Å². The molecule has 3 heterocycles. The van der Waals surface area contributed by atoms with E-state index < -0.39 is 11.6 Å². The molecule has 30 heavy (non-hydrogen) atoms. The third kappa shape index (κ3) is 3.32. The molecule has 0 saturated heterocycles. The van der Waals surface area contributed by atoms with Crippen LogP contribution in [-0.2, 0) is 6.54 Å². The quantitative estimate of drug-likeness (QED) is 0.413. The van der Waals surface area contributed by atoms with Gasteiger partial charge in [-0.1, -0.05) is 17.3 Å². The molecule has 3 aromatic rings. The van der Waals surface area contributed by atoms with E-state index in [1.807, 2.05) is 0 Å². The van der Waals surface area contributed by atoms with Crippen molar-refractivity contribution in [3.8, 4) is 34.0 Å². The average Bonchev–Trinajstić information content (AvgIpc) is 3.35. The summed E-state index contributed by atoms with van der Waals surface area (Å²) in [5.41, 5.74) is 2.00. The monoisotopic (exact) mass is 406 g/mol. The normalized spacial score (nSPS) is 11.3. The Morgan fingerprint density at radius 3 is 2.47 bits per heavy atom. The average molecular weight is 406 g/mol. The summed E-state index contributed by atoms with van der Waals surface area (Å²) in [4.78, 5) is 8.80. The van der Waals surface area contributed by atoms with E-state index in [1.54, 1.807) is 47.3 Å². The number of halogens is 3. The van der Waals surface area contributed by atoms with Crippen molar-refractivity contribution in [1.29, 1.82) is 0 Å². The zero-order valence-electron chi connectivity index (χ0n) is 15.4. The summed E-state index contributed by atoms with van der Waals surface area (Å²) >= 11 is 0. The Balaban J connectivity index is 1.42. The highest BCUT2D eigenvalue weighted by molar-refractivity contribution is 5.66. The van der Waals surface area contributed by atoms with Crippen molar-refractivity contribution in [3.63, 3.8) is 0 Å². The second-order valence-corrected chi connectivity index (χ2v) is 6.72. The van der Waals surface area contributed by atoms with Crippen LogP contribution < -0.4 is 0 Å². The summed E-state index contributed by atoms with van der Waals surface area (Å²) in [5.74, 6) is -0.963. The van der Waals surface area contributed by atoms with Gasteiger partial charge in [0.1, 0.15) is 28.8 Å². The molecule has 2 aliphatic heterocycles. The zero-order valence-corrected chi connectivity index (χ0v) is 15.4. The number of nitrogens with zero attached hydrogens (tertiary/aromatic N) is 4. The molecule has 148 valence electrons. The first kappa shape index (κ1) is 18.1. The largest absolute Gasteiger partial charge is 0.359 e. The molecule has 5 rings (SSSR count). The number of imidazole rings is 1. The Kier molecular flexibility index (Phi) is 4.31. The van der Waals surface area contributed by atoms with E-state index >= 15 is 0 Å². The van der Waals surface area contributed by atoms with Gasteiger partial charge in [0.25, 0.3) is 0 Å². The molecular weight excluding hydrogens is 393 g/mol. The summed E-state index contributed by atoms with van der Waals surface area (Å²) in [6, 6.07) is 13.0. The topological polar surface area (TPSA) is 56.7 Å². The van der Waals surface area contributed by atoms with Crippen molar-refractivity contribution in [3.05, 3.63) is 90.2 Å². The maximum atomic E-state index is 14.0. The van der Waals surface area contributed by atoms with Crippen LogP contribution in [0.4, 0.5) is 13.2 Å². The third-order valence-electron chi connectivity index (χ3n) is 4.65. The number of fused-ring (bicyclic) bond motifs is 1. The van der Waals surface area contributed by atoms with E-state index in [-0.39, 0.29) is 17.1 Å². The molecular formula is C22H13F3N4O. The highest BCUT2D eigenvalue weighted by atomic mass is 19.1. The van der Waals surface area contributed by atoms with Crippen molar-refractivity contribution in [2.24, 2.45) is 0 Å². The zero-order chi connectivity index (χ0) is 20.7. The fourth-order valence-electron chi connectivity index (χ4n) is 3.20. The minimum absolute atomic E-state index is 0.156. The molecule has 5 nitrogen and oxygen atoms in total. The van der Waals surface area contributed by atoms with Crippen LogP contribution in [0, 0.1) is 17.5 Å². The van der Waals surface area contributed by atoms with Gasteiger partial charge in [-0.05, 0) is 30.3 Å². The van der Waals surface area contributed by atoms with Gasteiger partial charge < -0.3 is 9.09 Å².